The Labute approximate surface area is 148 Å². The predicted octanol–water partition coefficient (Wildman–Crippen LogP) is 5.69. The number of benzene rings is 3. The van der Waals surface area contributed by atoms with Crippen LogP contribution in [0, 0.1) is 0 Å². The minimum atomic E-state index is -4.34. The Morgan fingerprint density at radius 3 is 2.04 bits per heavy atom. The average Bonchev–Trinajstić information content (AvgIpc) is 3.07. The maximum absolute atomic E-state index is 12.9. The van der Waals surface area contributed by atoms with Crippen molar-refractivity contribution in [1.82, 2.24) is 9.55 Å². The van der Waals surface area contributed by atoms with Crippen molar-refractivity contribution < 1.29 is 13.2 Å². The molecule has 0 aliphatic rings. The molecule has 0 bridgehead atoms. The standard InChI is InChI=1S/C21H15F3N2/c22-21(23,24)17-12-10-16(11-13-17)20(15-6-2-1-3-7-15)26-14-25-18-8-4-5-9-19(18)26/h1-14,20H. The number of nitrogens with zero attached hydrogens (tertiary/aromatic N) is 2. The number of hydrogen-bond donors (Lipinski definition) is 0. The second kappa shape index (κ2) is 6.33. The Kier molecular flexibility index (Phi) is 3.99. The second-order valence-electron chi connectivity index (χ2n) is 6.07. The third-order valence-electron chi connectivity index (χ3n) is 4.43. The molecular formula is C21H15F3N2. The minimum absolute atomic E-state index is 0.258. The monoisotopic (exact) mass is 352 g/mol. The van der Waals surface area contributed by atoms with Crippen LogP contribution in [0.25, 0.3) is 11.0 Å². The first kappa shape index (κ1) is 16.4. The molecule has 3 aromatic carbocycles. The lowest BCUT2D eigenvalue weighted by molar-refractivity contribution is -0.137. The van der Waals surface area contributed by atoms with Gasteiger partial charge < -0.3 is 4.57 Å². The highest BCUT2D eigenvalue weighted by atomic mass is 19.4. The van der Waals surface area contributed by atoms with E-state index in [1.165, 1.54) is 12.1 Å². The van der Waals surface area contributed by atoms with Gasteiger partial charge in [-0.1, -0.05) is 54.6 Å². The molecule has 2 nitrogen and oxygen atoms in total. The highest BCUT2D eigenvalue weighted by molar-refractivity contribution is 5.75. The second-order valence-corrected chi connectivity index (χ2v) is 6.07. The van der Waals surface area contributed by atoms with Crippen molar-refractivity contribution in [2.24, 2.45) is 0 Å². The minimum Gasteiger partial charge on any atom is -0.319 e. The van der Waals surface area contributed by atoms with Crippen LogP contribution >= 0.6 is 0 Å². The topological polar surface area (TPSA) is 17.8 Å². The molecule has 0 saturated heterocycles. The van der Waals surface area contributed by atoms with E-state index in [0.717, 1.165) is 34.3 Å². The van der Waals surface area contributed by atoms with Crippen LogP contribution in [0.2, 0.25) is 0 Å². The molecule has 0 spiro atoms. The number of rotatable bonds is 3. The van der Waals surface area contributed by atoms with Gasteiger partial charge in [0, 0.05) is 0 Å². The molecule has 0 saturated carbocycles. The fraction of sp³-hybridized carbons (Fsp3) is 0.0952. The summed E-state index contributed by atoms with van der Waals surface area (Å²) in [6, 6.07) is 22.5. The van der Waals surface area contributed by atoms with Crippen molar-refractivity contribution in [3.63, 3.8) is 0 Å². The lowest BCUT2D eigenvalue weighted by Crippen LogP contribution is -2.12. The van der Waals surface area contributed by atoms with E-state index in [-0.39, 0.29) is 6.04 Å². The van der Waals surface area contributed by atoms with E-state index in [1.807, 2.05) is 59.2 Å². The Balaban J connectivity index is 1.87. The van der Waals surface area contributed by atoms with Crippen molar-refractivity contribution >= 4 is 11.0 Å². The molecule has 1 atom stereocenters. The van der Waals surface area contributed by atoms with Gasteiger partial charge in [0.15, 0.2) is 0 Å². The van der Waals surface area contributed by atoms with Gasteiger partial charge in [-0.25, -0.2) is 4.98 Å². The highest BCUT2D eigenvalue weighted by Crippen LogP contribution is 2.33. The van der Waals surface area contributed by atoms with E-state index >= 15 is 0 Å². The van der Waals surface area contributed by atoms with E-state index in [9.17, 15) is 13.2 Å². The molecule has 5 heteroatoms. The fourth-order valence-electron chi connectivity index (χ4n) is 3.19. The van der Waals surface area contributed by atoms with Gasteiger partial charge in [0.05, 0.1) is 29.0 Å². The molecule has 1 heterocycles. The largest absolute Gasteiger partial charge is 0.416 e. The number of alkyl halides is 3. The van der Waals surface area contributed by atoms with Gasteiger partial charge in [0.2, 0.25) is 0 Å². The Morgan fingerprint density at radius 2 is 1.35 bits per heavy atom. The van der Waals surface area contributed by atoms with Crippen LogP contribution < -0.4 is 0 Å². The first-order chi connectivity index (χ1) is 12.5. The molecule has 0 amide bonds. The summed E-state index contributed by atoms with van der Waals surface area (Å²) in [5.74, 6) is 0. The molecule has 4 rings (SSSR count). The zero-order valence-corrected chi connectivity index (χ0v) is 13.7. The van der Waals surface area contributed by atoms with Crippen molar-refractivity contribution in [2.45, 2.75) is 12.2 Å². The van der Waals surface area contributed by atoms with Gasteiger partial charge in [-0.05, 0) is 35.4 Å². The maximum Gasteiger partial charge on any atom is 0.416 e. The summed E-state index contributed by atoms with van der Waals surface area (Å²) in [6.45, 7) is 0. The van der Waals surface area contributed by atoms with E-state index in [4.69, 9.17) is 0 Å². The van der Waals surface area contributed by atoms with Crippen LogP contribution in [0.5, 0.6) is 0 Å². The molecule has 130 valence electrons. The van der Waals surface area contributed by atoms with E-state index in [0.29, 0.717) is 0 Å². The lowest BCUT2D eigenvalue weighted by Gasteiger charge is -2.21. The summed E-state index contributed by atoms with van der Waals surface area (Å²) in [5.41, 5.74) is 2.88. The Hall–Kier alpha value is -3.08. The van der Waals surface area contributed by atoms with Crippen molar-refractivity contribution in [2.75, 3.05) is 0 Å². The number of fused-ring (bicyclic) bond motifs is 1. The number of aromatic nitrogens is 2. The Bertz CT molecular complexity index is 1020. The van der Waals surface area contributed by atoms with E-state index < -0.39 is 11.7 Å². The fourth-order valence-corrected chi connectivity index (χ4v) is 3.19. The molecule has 0 N–H and O–H groups in total. The third kappa shape index (κ3) is 2.96. The smallest absolute Gasteiger partial charge is 0.319 e. The first-order valence-corrected chi connectivity index (χ1v) is 8.18. The van der Waals surface area contributed by atoms with Crippen LogP contribution in [0.15, 0.2) is 85.2 Å². The van der Waals surface area contributed by atoms with Crippen LogP contribution in [-0.2, 0) is 6.18 Å². The van der Waals surface area contributed by atoms with E-state index in [1.54, 1.807) is 6.33 Å². The van der Waals surface area contributed by atoms with Crippen molar-refractivity contribution in [3.05, 3.63) is 102 Å². The summed E-state index contributed by atoms with van der Waals surface area (Å²) in [5, 5.41) is 0. The highest BCUT2D eigenvalue weighted by Gasteiger charge is 2.30. The summed E-state index contributed by atoms with van der Waals surface area (Å²) in [6.07, 6.45) is -2.61. The molecular weight excluding hydrogens is 337 g/mol. The third-order valence-corrected chi connectivity index (χ3v) is 4.43. The predicted molar refractivity (Wildman–Crippen MR) is 94.9 cm³/mol. The molecule has 0 aliphatic carbocycles. The zero-order valence-electron chi connectivity index (χ0n) is 13.7. The van der Waals surface area contributed by atoms with Gasteiger partial charge in [-0.3, -0.25) is 0 Å². The SMILES string of the molecule is FC(F)(F)c1ccc(C(c2ccccc2)n2cnc3ccccc32)cc1. The van der Waals surface area contributed by atoms with Gasteiger partial charge in [-0.15, -0.1) is 0 Å². The lowest BCUT2D eigenvalue weighted by atomic mass is 9.97. The number of hydrogen-bond acceptors (Lipinski definition) is 1. The quantitative estimate of drug-likeness (QED) is 0.463. The van der Waals surface area contributed by atoms with Gasteiger partial charge in [-0.2, -0.15) is 13.2 Å². The summed E-state index contributed by atoms with van der Waals surface area (Å²) >= 11 is 0. The zero-order chi connectivity index (χ0) is 18.1. The van der Waals surface area contributed by atoms with Crippen molar-refractivity contribution in [3.8, 4) is 0 Å². The average molecular weight is 352 g/mol. The van der Waals surface area contributed by atoms with Crippen LogP contribution in [0.1, 0.15) is 22.7 Å². The van der Waals surface area contributed by atoms with Gasteiger partial charge >= 0.3 is 6.18 Å². The molecule has 0 radical (unpaired) electrons. The maximum atomic E-state index is 12.9. The number of halogens is 3. The number of para-hydroxylation sites is 2. The summed E-state index contributed by atoms with van der Waals surface area (Å²) in [4.78, 5) is 4.43. The summed E-state index contributed by atoms with van der Waals surface area (Å²) in [7, 11) is 0. The van der Waals surface area contributed by atoms with Gasteiger partial charge in [0.25, 0.3) is 0 Å². The van der Waals surface area contributed by atoms with Crippen LogP contribution in [0.4, 0.5) is 13.2 Å². The van der Waals surface area contributed by atoms with E-state index in [2.05, 4.69) is 4.98 Å². The van der Waals surface area contributed by atoms with Crippen LogP contribution in [-0.4, -0.2) is 9.55 Å². The molecule has 1 unspecified atom stereocenters. The molecule has 26 heavy (non-hydrogen) atoms. The number of imidazole rings is 1. The normalized spacial score (nSPS) is 13.0. The summed E-state index contributed by atoms with van der Waals surface area (Å²) < 4.78 is 40.7. The molecule has 1 aromatic heterocycles. The molecule has 0 aliphatic heterocycles. The molecule has 4 aromatic rings. The first-order valence-electron chi connectivity index (χ1n) is 8.18. The van der Waals surface area contributed by atoms with Crippen LogP contribution in [0.3, 0.4) is 0 Å². The van der Waals surface area contributed by atoms with Gasteiger partial charge in [0.1, 0.15) is 0 Å². The molecule has 0 fully saturated rings. The Morgan fingerprint density at radius 1 is 0.731 bits per heavy atom. The van der Waals surface area contributed by atoms with Crippen molar-refractivity contribution in [1.29, 1.82) is 0 Å².